The molecule has 5 nitrogen and oxygen atoms in total. The number of pyridine rings is 1. The molecular weight excluding hydrogens is 308 g/mol. The molecule has 0 aliphatic heterocycles. The molecule has 0 unspecified atom stereocenters. The fraction of sp³-hybridized carbons (Fsp3) is 0. The zero-order valence-corrected chi connectivity index (χ0v) is 11.3. The second kappa shape index (κ2) is 5.98. The Kier molecular flexibility index (Phi) is 4.11. The molecule has 2 N–H and O–H groups in total. The molecule has 0 saturated carbocycles. The van der Waals surface area contributed by atoms with Crippen LogP contribution in [0.5, 0.6) is 0 Å². The second-order valence-corrected chi connectivity index (χ2v) is 4.55. The Balaban J connectivity index is 1.97. The average Bonchev–Trinajstić information content (AvgIpc) is 2.46. The van der Waals surface area contributed by atoms with Crippen molar-refractivity contribution in [2.75, 3.05) is 5.43 Å². The number of benzene rings is 1. The van der Waals surface area contributed by atoms with Crippen molar-refractivity contribution >= 4 is 27.7 Å². The lowest BCUT2D eigenvalue weighted by atomic mass is 10.1. The van der Waals surface area contributed by atoms with Crippen LogP contribution in [0.2, 0.25) is 0 Å². The Hall–Kier alpha value is -2.39. The van der Waals surface area contributed by atoms with Gasteiger partial charge in [0.15, 0.2) is 0 Å². The van der Waals surface area contributed by atoms with Crippen LogP contribution in [0.3, 0.4) is 0 Å². The number of anilines is 1. The van der Waals surface area contributed by atoms with Gasteiger partial charge >= 0.3 is 0 Å². The van der Waals surface area contributed by atoms with Gasteiger partial charge in [0.05, 0.1) is 11.6 Å². The van der Waals surface area contributed by atoms with Crippen molar-refractivity contribution in [2.45, 2.75) is 0 Å². The highest BCUT2D eigenvalue weighted by Gasteiger charge is 2.04. The summed E-state index contributed by atoms with van der Waals surface area (Å²) < 4.78 is 0.858. The molecule has 1 heterocycles. The molecule has 19 heavy (non-hydrogen) atoms. The minimum Gasteiger partial charge on any atom is -0.282 e. The van der Waals surface area contributed by atoms with E-state index in [9.17, 15) is 4.79 Å². The molecule has 0 fully saturated rings. The van der Waals surface area contributed by atoms with E-state index in [0.29, 0.717) is 16.9 Å². The van der Waals surface area contributed by atoms with E-state index in [0.717, 1.165) is 4.47 Å². The van der Waals surface area contributed by atoms with E-state index in [1.54, 1.807) is 36.5 Å². The number of hydrazine groups is 1. The first kappa shape index (κ1) is 13.1. The van der Waals surface area contributed by atoms with E-state index in [4.69, 9.17) is 5.26 Å². The zero-order valence-electron chi connectivity index (χ0n) is 9.72. The minimum atomic E-state index is -0.297. The largest absolute Gasteiger partial charge is 0.282 e. The highest BCUT2D eigenvalue weighted by atomic mass is 79.9. The predicted molar refractivity (Wildman–Crippen MR) is 74.2 cm³/mol. The molecule has 0 bridgehead atoms. The first-order chi connectivity index (χ1) is 9.19. The summed E-state index contributed by atoms with van der Waals surface area (Å²) in [4.78, 5) is 15.8. The van der Waals surface area contributed by atoms with Crippen LogP contribution in [0, 0.1) is 11.3 Å². The molecular formula is C13H9BrN4O. The first-order valence-corrected chi connectivity index (χ1v) is 6.16. The van der Waals surface area contributed by atoms with Crippen molar-refractivity contribution in [1.29, 1.82) is 5.26 Å². The van der Waals surface area contributed by atoms with Gasteiger partial charge in [-0.25, -0.2) is 4.98 Å². The normalized spacial score (nSPS) is 9.47. The van der Waals surface area contributed by atoms with E-state index < -0.39 is 0 Å². The van der Waals surface area contributed by atoms with Crippen LogP contribution >= 0.6 is 15.9 Å². The van der Waals surface area contributed by atoms with E-state index in [1.807, 2.05) is 12.1 Å². The average molecular weight is 317 g/mol. The van der Waals surface area contributed by atoms with E-state index >= 15 is 0 Å². The summed E-state index contributed by atoms with van der Waals surface area (Å²) in [5.41, 5.74) is 6.20. The number of nitrogens with zero attached hydrogens (tertiary/aromatic N) is 2. The van der Waals surface area contributed by atoms with Crippen LogP contribution in [-0.4, -0.2) is 10.9 Å². The molecule has 1 amide bonds. The SMILES string of the molecule is N#Cc1ccc(C(=O)NNc2ccc(Br)cn2)cc1. The molecule has 0 radical (unpaired) electrons. The molecule has 2 rings (SSSR count). The topological polar surface area (TPSA) is 77.8 Å². The molecule has 1 aromatic heterocycles. The Bertz CT molecular complexity index is 617. The van der Waals surface area contributed by atoms with Crippen molar-refractivity contribution < 1.29 is 4.79 Å². The quantitative estimate of drug-likeness (QED) is 0.853. The summed E-state index contributed by atoms with van der Waals surface area (Å²) in [5, 5.41) is 8.67. The summed E-state index contributed by atoms with van der Waals surface area (Å²) in [6, 6.07) is 11.9. The molecule has 2 aromatic rings. The Labute approximate surface area is 118 Å². The van der Waals surface area contributed by atoms with E-state index in [-0.39, 0.29) is 5.91 Å². The van der Waals surface area contributed by atoms with Crippen molar-refractivity contribution in [3.05, 3.63) is 58.2 Å². The zero-order chi connectivity index (χ0) is 13.7. The number of rotatable bonds is 3. The highest BCUT2D eigenvalue weighted by molar-refractivity contribution is 9.10. The maximum absolute atomic E-state index is 11.8. The van der Waals surface area contributed by atoms with Gasteiger partial charge in [-0.15, -0.1) is 0 Å². The van der Waals surface area contributed by atoms with Gasteiger partial charge in [-0.1, -0.05) is 0 Å². The maximum atomic E-state index is 11.8. The fourth-order valence-electron chi connectivity index (χ4n) is 1.34. The summed E-state index contributed by atoms with van der Waals surface area (Å²) in [7, 11) is 0. The van der Waals surface area contributed by atoms with Crippen LogP contribution in [0.15, 0.2) is 47.1 Å². The van der Waals surface area contributed by atoms with Crippen LogP contribution in [0.1, 0.15) is 15.9 Å². The lowest BCUT2D eigenvalue weighted by Gasteiger charge is -2.07. The van der Waals surface area contributed by atoms with Crippen LogP contribution in [0.25, 0.3) is 0 Å². The third kappa shape index (κ3) is 3.53. The Morgan fingerprint density at radius 3 is 2.53 bits per heavy atom. The van der Waals surface area contributed by atoms with E-state index in [2.05, 4.69) is 31.8 Å². The molecule has 94 valence electrons. The number of carbonyl (C=O) groups is 1. The molecule has 0 aliphatic rings. The van der Waals surface area contributed by atoms with Gasteiger partial charge in [-0.3, -0.25) is 15.6 Å². The fourth-order valence-corrected chi connectivity index (χ4v) is 1.57. The van der Waals surface area contributed by atoms with Gasteiger partial charge in [0.2, 0.25) is 0 Å². The van der Waals surface area contributed by atoms with Crippen LogP contribution in [-0.2, 0) is 0 Å². The smallest absolute Gasteiger partial charge is 0.269 e. The summed E-state index contributed by atoms with van der Waals surface area (Å²) in [6.45, 7) is 0. The van der Waals surface area contributed by atoms with Gasteiger partial charge < -0.3 is 0 Å². The number of aromatic nitrogens is 1. The monoisotopic (exact) mass is 316 g/mol. The summed E-state index contributed by atoms with van der Waals surface area (Å²) >= 11 is 3.27. The number of hydrogen-bond donors (Lipinski definition) is 2. The third-order valence-electron chi connectivity index (χ3n) is 2.31. The number of hydrogen-bond acceptors (Lipinski definition) is 4. The summed E-state index contributed by atoms with van der Waals surface area (Å²) in [6.07, 6.45) is 1.62. The van der Waals surface area contributed by atoms with Crippen molar-refractivity contribution in [3.63, 3.8) is 0 Å². The first-order valence-electron chi connectivity index (χ1n) is 5.37. The Morgan fingerprint density at radius 2 is 1.95 bits per heavy atom. The van der Waals surface area contributed by atoms with Crippen molar-refractivity contribution in [1.82, 2.24) is 10.4 Å². The minimum absolute atomic E-state index is 0.297. The van der Waals surface area contributed by atoms with Crippen molar-refractivity contribution in [3.8, 4) is 6.07 Å². The number of halogens is 1. The van der Waals surface area contributed by atoms with Crippen molar-refractivity contribution in [2.24, 2.45) is 0 Å². The highest BCUT2D eigenvalue weighted by Crippen LogP contribution is 2.09. The molecule has 0 saturated heterocycles. The Morgan fingerprint density at radius 1 is 1.21 bits per heavy atom. The standard InChI is InChI=1S/C13H9BrN4O/c14-11-5-6-12(16-8-11)17-18-13(19)10-3-1-9(7-15)2-4-10/h1-6,8H,(H,16,17)(H,18,19). The predicted octanol–water partition coefficient (Wildman–Crippen LogP) is 2.47. The molecule has 0 spiro atoms. The number of nitriles is 1. The number of nitrogens with one attached hydrogen (secondary N) is 2. The molecule has 0 atom stereocenters. The molecule has 1 aromatic carbocycles. The maximum Gasteiger partial charge on any atom is 0.269 e. The number of amides is 1. The van der Waals surface area contributed by atoms with Crippen LogP contribution < -0.4 is 10.9 Å². The third-order valence-corrected chi connectivity index (χ3v) is 2.78. The number of carbonyl (C=O) groups excluding carboxylic acids is 1. The van der Waals surface area contributed by atoms with Gasteiger partial charge in [-0.05, 0) is 52.3 Å². The molecule has 0 aliphatic carbocycles. The van der Waals surface area contributed by atoms with Gasteiger partial charge in [-0.2, -0.15) is 5.26 Å². The lowest BCUT2D eigenvalue weighted by molar-refractivity contribution is 0.0962. The van der Waals surface area contributed by atoms with Gasteiger partial charge in [0.1, 0.15) is 5.82 Å². The van der Waals surface area contributed by atoms with E-state index in [1.165, 1.54) is 0 Å². The molecule has 6 heteroatoms. The lowest BCUT2D eigenvalue weighted by Crippen LogP contribution is -2.29. The summed E-state index contributed by atoms with van der Waals surface area (Å²) in [5.74, 6) is 0.236. The van der Waals surface area contributed by atoms with Crippen LogP contribution in [0.4, 0.5) is 5.82 Å². The van der Waals surface area contributed by atoms with Gasteiger partial charge in [0, 0.05) is 16.2 Å². The second-order valence-electron chi connectivity index (χ2n) is 3.63. The van der Waals surface area contributed by atoms with Gasteiger partial charge in [0.25, 0.3) is 5.91 Å².